The Morgan fingerprint density at radius 3 is 2.79 bits per heavy atom. The van der Waals surface area contributed by atoms with E-state index < -0.39 is 0 Å². The lowest BCUT2D eigenvalue weighted by Crippen LogP contribution is -2.34. The first kappa shape index (κ1) is 13.8. The predicted octanol–water partition coefficient (Wildman–Crippen LogP) is 1.91. The molecule has 0 amide bonds. The molecule has 0 fully saturated rings. The Morgan fingerprint density at radius 1 is 1.32 bits per heavy atom. The van der Waals surface area contributed by atoms with Crippen LogP contribution in [0.25, 0.3) is 11.4 Å². The van der Waals surface area contributed by atoms with Crippen molar-refractivity contribution in [3.8, 4) is 11.4 Å². The average Bonchev–Trinajstić information content (AvgIpc) is 2.88. The second-order valence-electron chi connectivity index (χ2n) is 4.54. The summed E-state index contributed by atoms with van der Waals surface area (Å²) in [4.78, 5) is 4.43. The molecule has 1 aromatic heterocycles. The van der Waals surface area contributed by atoms with Crippen LogP contribution in [0, 0.1) is 0 Å². The third-order valence-corrected chi connectivity index (χ3v) is 3.13. The van der Waals surface area contributed by atoms with Crippen molar-refractivity contribution in [1.29, 1.82) is 0 Å². The molecule has 19 heavy (non-hydrogen) atoms. The molecule has 4 heteroatoms. The van der Waals surface area contributed by atoms with Gasteiger partial charge in [-0.2, -0.15) is 0 Å². The molecule has 0 saturated carbocycles. The van der Waals surface area contributed by atoms with Crippen LogP contribution in [0.5, 0.6) is 0 Å². The van der Waals surface area contributed by atoms with Gasteiger partial charge in [-0.15, -0.1) is 0 Å². The summed E-state index contributed by atoms with van der Waals surface area (Å²) in [6, 6.07) is 10.4. The predicted molar refractivity (Wildman–Crippen MR) is 76.8 cm³/mol. The van der Waals surface area contributed by atoms with Gasteiger partial charge >= 0.3 is 0 Å². The van der Waals surface area contributed by atoms with Crippen LogP contribution >= 0.6 is 0 Å². The molecule has 1 heterocycles. The smallest absolute Gasteiger partial charge is 0.139 e. The number of nitrogens with zero attached hydrogens (tertiary/aromatic N) is 2. The highest BCUT2D eigenvalue weighted by molar-refractivity contribution is 5.55. The number of aliphatic hydroxyl groups excluding tert-OH is 1. The van der Waals surface area contributed by atoms with Crippen LogP contribution in [0.15, 0.2) is 42.7 Å². The molecular formula is C15H21N3O. The van der Waals surface area contributed by atoms with Gasteiger partial charge < -0.3 is 15.0 Å². The Morgan fingerprint density at radius 2 is 2.11 bits per heavy atom. The maximum Gasteiger partial charge on any atom is 0.139 e. The van der Waals surface area contributed by atoms with Crippen LogP contribution in [-0.4, -0.2) is 33.9 Å². The van der Waals surface area contributed by atoms with E-state index in [1.54, 1.807) is 0 Å². The van der Waals surface area contributed by atoms with Gasteiger partial charge in [-0.25, -0.2) is 4.98 Å². The molecular weight excluding hydrogens is 238 g/mol. The fourth-order valence-corrected chi connectivity index (χ4v) is 2.24. The minimum absolute atomic E-state index is 0.201. The van der Waals surface area contributed by atoms with Crippen molar-refractivity contribution in [2.45, 2.75) is 25.9 Å². The molecule has 2 N–H and O–H groups in total. The van der Waals surface area contributed by atoms with Gasteiger partial charge in [0.1, 0.15) is 5.82 Å². The highest BCUT2D eigenvalue weighted by atomic mass is 16.3. The molecule has 2 rings (SSSR count). The lowest BCUT2D eigenvalue weighted by atomic mass is 10.2. The van der Waals surface area contributed by atoms with Gasteiger partial charge in [-0.1, -0.05) is 37.3 Å². The SMILES string of the molecule is CCNC(CCO)Cn1ccnc1-c1ccccc1. The summed E-state index contributed by atoms with van der Waals surface area (Å²) >= 11 is 0. The van der Waals surface area contributed by atoms with Gasteiger partial charge in [-0.05, 0) is 13.0 Å². The molecule has 0 aliphatic rings. The van der Waals surface area contributed by atoms with Crippen molar-refractivity contribution in [1.82, 2.24) is 14.9 Å². The maximum atomic E-state index is 9.11. The van der Waals surface area contributed by atoms with Gasteiger partial charge in [0.05, 0.1) is 0 Å². The van der Waals surface area contributed by atoms with E-state index in [0.29, 0.717) is 0 Å². The summed E-state index contributed by atoms with van der Waals surface area (Å²) in [6.07, 6.45) is 4.56. The Bertz CT molecular complexity index is 475. The summed E-state index contributed by atoms with van der Waals surface area (Å²) < 4.78 is 2.14. The maximum absolute atomic E-state index is 9.11. The van der Waals surface area contributed by atoms with Crippen molar-refractivity contribution in [3.63, 3.8) is 0 Å². The van der Waals surface area contributed by atoms with Crippen LogP contribution in [0.2, 0.25) is 0 Å². The molecule has 0 spiro atoms. The Kier molecular flexibility index (Phi) is 5.12. The number of hydrogen-bond acceptors (Lipinski definition) is 3. The van der Waals surface area contributed by atoms with Crippen molar-refractivity contribution in [2.75, 3.05) is 13.2 Å². The summed E-state index contributed by atoms with van der Waals surface area (Å²) in [5, 5.41) is 12.5. The molecule has 0 aliphatic carbocycles. The molecule has 1 aromatic carbocycles. The van der Waals surface area contributed by atoms with Crippen LogP contribution < -0.4 is 5.32 Å². The first-order valence-corrected chi connectivity index (χ1v) is 6.76. The van der Waals surface area contributed by atoms with Crippen LogP contribution in [0.1, 0.15) is 13.3 Å². The number of aliphatic hydroxyl groups is 1. The van der Waals surface area contributed by atoms with E-state index in [1.165, 1.54) is 0 Å². The zero-order valence-electron chi connectivity index (χ0n) is 11.3. The van der Waals surface area contributed by atoms with Crippen molar-refractivity contribution in [2.24, 2.45) is 0 Å². The molecule has 2 aromatic rings. The first-order chi connectivity index (χ1) is 9.35. The second-order valence-corrected chi connectivity index (χ2v) is 4.54. The molecule has 0 saturated heterocycles. The van der Waals surface area contributed by atoms with E-state index in [9.17, 15) is 0 Å². The Hall–Kier alpha value is -1.65. The zero-order valence-corrected chi connectivity index (χ0v) is 11.3. The van der Waals surface area contributed by atoms with Gasteiger partial charge in [0, 0.05) is 37.2 Å². The highest BCUT2D eigenvalue weighted by Crippen LogP contribution is 2.17. The normalized spacial score (nSPS) is 12.5. The third kappa shape index (κ3) is 3.66. The molecule has 0 aliphatic heterocycles. The molecule has 0 radical (unpaired) electrons. The van der Waals surface area contributed by atoms with Gasteiger partial charge in [0.15, 0.2) is 0 Å². The van der Waals surface area contributed by atoms with Crippen LogP contribution in [0.4, 0.5) is 0 Å². The number of benzene rings is 1. The monoisotopic (exact) mass is 259 g/mol. The largest absolute Gasteiger partial charge is 0.396 e. The lowest BCUT2D eigenvalue weighted by Gasteiger charge is -2.18. The number of aromatic nitrogens is 2. The number of hydrogen-bond donors (Lipinski definition) is 2. The quantitative estimate of drug-likeness (QED) is 0.798. The fourth-order valence-electron chi connectivity index (χ4n) is 2.24. The molecule has 0 bridgehead atoms. The van der Waals surface area contributed by atoms with E-state index in [0.717, 1.165) is 30.9 Å². The lowest BCUT2D eigenvalue weighted by molar-refractivity contribution is 0.258. The van der Waals surface area contributed by atoms with E-state index in [1.807, 2.05) is 30.6 Å². The summed E-state index contributed by atoms with van der Waals surface area (Å²) in [6.45, 7) is 4.00. The highest BCUT2D eigenvalue weighted by Gasteiger charge is 2.11. The second kappa shape index (κ2) is 7.07. The number of rotatable bonds is 7. The molecule has 1 unspecified atom stereocenters. The van der Waals surface area contributed by atoms with E-state index in [-0.39, 0.29) is 12.6 Å². The standard InChI is InChI=1S/C15H21N3O/c1-2-16-14(8-11-19)12-18-10-9-17-15(18)13-6-4-3-5-7-13/h3-7,9-10,14,16,19H,2,8,11-12H2,1H3. The van der Waals surface area contributed by atoms with Crippen molar-refractivity contribution in [3.05, 3.63) is 42.7 Å². The van der Waals surface area contributed by atoms with Gasteiger partial charge in [0.25, 0.3) is 0 Å². The zero-order chi connectivity index (χ0) is 13.5. The van der Waals surface area contributed by atoms with Crippen molar-refractivity contribution < 1.29 is 5.11 Å². The van der Waals surface area contributed by atoms with E-state index in [4.69, 9.17) is 5.11 Å². The van der Waals surface area contributed by atoms with Crippen LogP contribution in [0.3, 0.4) is 0 Å². The van der Waals surface area contributed by atoms with Gasteiger partial charge in [0.2, 0.25) is 0 Å². The van der Waals surface area contributed by atoms with Gasteiger partial charge in [-0.3, -0.25) is 0 Å². The average molecular weight is 259 g/mol. The van der Waals surface area contributed by atoms with Crippen LogP contribution in [-0.2, 0) is 6.54 Å². The topological polar surface area (TPSA) is 50.1 Å². The van der Waals surface area contributed by atoms with E-state index in [2.05, 4.69) is 33.9 Å². The molecule has 4 nitrogen and oxygen atoms in total. The minimum atomic E-state index is 0.201. The Balaban J connectivity index is 2.15. The number of imidazole rings is 1. The summed E-state index contributed by atoms with van der Waals surface area (Å²) in [5.41, 5.74) is 1.12. The minimum Gasteiger partial charge on any atom is -0.396 e. The Labute approximate surface area is 114 Å². The third-order valence-electron chi connectivity index (χ3n) is 3.13. The fraction of sp³-hybridized carbons (Fsp3) is 0.400. The first-order valence-electron chi connectivity index (χ1n) is 6.76. The molecule has 102 valence electrons. The summed E-state index contributed by atoms with van der Waals surface area (Å²) in [7, 11) is 0. The number of nitrogens with one attached hydrogen (secondary N) is 1. The number of likely N-dealkylation sites (N-methyl/N-ethyl adjacent to an activating group) is 1. The van der Waals surface area contributed by atoms with E-state index >= 15 is 0 Å². The summed E-state index contributed by atoms with van der Waals surface area (Å²) in [5.74, 6) is 0.974. The van der Waals surface area contributed by atoms with Crippen molar-refractivity contribution >= 4 is 0 Å². The molecule has 1 atom stereocenters.